The van der Waals surface area contributed by atoms with Gasteiger partial charge in [0.1, 0.15) is 5.76 Å². The van der Waals surface area contributed by atoms with E-state index in [-0.39, 0.29) is 0 Å². The van der Waals surface area contributed by atoms with E-state index in [9.17, 15) is 0 Å². The fourth-order valence-corrected chi connectivity index (χ4v) is 0.380. The van der Waals surface area contributed by atoms with Gasteiger partial charge in [0.15, 0.2) is 0 Å². The predicted molar refractivity (Wildman–Crippen MR) is 27.5 cm³/mol. The van der Waals surface area contributed by atoms with Crippen molar-refractivity contribution in [3.05, 3.63) is 29.9 Å². The lowest BCUT2D eigenvalue weighted by molar-refractivity contribution is 0.352. The normalized spacial score (nSPS) is 15.9. The van der Waals surface area contributed by atoms with Crippen LogP contribution in [0.5, 0.6) is 0 Å². The monoisotopic (exact) mass is 94.0 g/mol. The first-order chi connectivity index (χ1) is 3.39. The molecule has 0 saturated heterocycles. The number of allylic oxidation sites excluding steroid dienone is 2. The molecule has 1 nitrogen and oxygen atoms in total. The summed E-state index contributed by atoms with van der Waals surface area (Å²) in [5.74, 6) is 0.822. The molecule has 0 spiro atoms. The first-order valence-corrected chi connectivity index (χ1v) is 2.15. The van der Waals surface area contributed by atoms with Gasteiger partial charge in [-0.05, 0) is 12.2 Å². The second-order valence-electron chi connectivity index (χ2n) is 1.31. The smallest absolute Gasteiger partial charge is 0.142 e. The fourth-order valence-electron chi connectivity index (χ4n) is 0.380. The van der Waals surface area contributed by atoms with Crippen molar-refractivity contribution in [3.8, 4) is 0 Å². The van der Waals surface area contributed by atoms with E-state index in [4.69, 9.17) is 4.74 Å². The summed E-state index contributed by atoms with van der Waals surface area (Å²) in [5.41, 5.74) is 2.86. The maximum absolute atomic E-state index is 4.87. The van der Waals surface area contributed by atoms with Crippen LogP contribution in [0.3, 0.4) is 0 Å². The highest BCUT2D eigenvalue weighted by Crippen LogP contribution is 1.97. The van der Waals surface area contributed by atoms with Crippen molar-refractivity contribution in [1.82, 2.24) is 0 Å². The Labute approximate surface area is 42.6 Å². The van der Waals surface area contributed by atoms with Gasteiger partial charge in [-0.15, -0.1) is 0 Å². The van der Waals surface area contributed by atoms with E-state index in [1.807, 2.05) is 13.0 Å². The van der Waals surface area contributed by atoms with E-state index in [0.29, 0.717) is 0 Å². The van der Waals surface area contributed by atoms with E-state index in [1.165, 1.54) is 0 Å². The molecule has 1 rings (SSSR count). The SMILES string of the molecule is CC1=C=CC=CO1. The van der Waals surface area contributed by atoms with Crippen molar-refractivity contribution in [2.24, 2.45) is 0 Å². The second kappa shape index (κ2) is 1.67. The van der Waals surface area contributed by atoms with Crippen molar-refractivity contribution < 1.29 is 4.74 Å². The van der Waals surface area contributed by atoms with Crippen LogP contribution in [0.2, 0.25) is 0 Å². The Morgan fingerprint density at radius 3 is 2.86 bits per heavy atom. The summed E-state index contributed by atoms with van der Waals surface area (Å²) >= 11 is 0. The van der Waals surface area contributed by atoms with Crippen molar-refractivity contribution in [2.75, 3.05) is 0 Å². The van der Waals surface area contributed by atoms with Crippen LogP contribution in [0, 0.1) is 0 Å². The summed E-state index contributed by atoms with van der Waals surface area (Å²) in [4.78, 5) is 0. The molecule has 0 aromatic rings. The maximum Gasteiger partial charge on any atom is 0.142 e. The fraction of sp³-hybridized carbons (Fsp3) is 0.167. The number of hydrogen-bond donors (Lipinski definition) is 0. The Morgan fingerprint density at radius 2 is 2.57 bits per heavy atom. The molecule has 0 fully saturated rings. The standard InChI is InChI=1S/C6H6O/c1-6-4-2-3-5-7-6/h2-3,5H,1H3. The van der Waals surface area contributed by atoms with E-state index in [1.54, 1.807) is 12.3 Å². The first-order valence-electron chi connectivity index (χ1n) is 2.15. The number of ether oxygens (including phenoxy) is 1. The molecule has 0 unspecified atom stereocenters. The Balaban J connectivity index is 2.84. The van der Waals surface area contributed by atoms with Crippen LogP contribution in [0.15, 0.2) is 29.9 Å². The average molecular weight is 94.1 g/mol. The summed E-state index contributed by atoms with van der Waals surface area (Å²) in [6, 6.07) is 0. The van der Waals surface area contributed by atoms with E-state index < -0.39 is 0 Å². The summed E-state index contributed by atoms with van der Waals surface area (Å²) in [6.45, 7) is 1.86. The van der Waals surface area contributed by atoms with Crippen molar-refractivity contribution >= 4 is 0 Å². The Morgan fingerprint density at radius 1 is 1.71 bits per heavy atom. The summed E-state index contributed by atoms with van der Waals surface area (Å²) in [5, 5.41) is 0. The third-order valence-electron chi connectivity index (χ3n) is 0.706. The molecule has 0 radical (unpaired) electrons. The minimum absolute atomic E-state index is 0.822. The molecule has 0 N–H and O–H groups in total. The summed E-state index contributed by atoms with van der Waals surface area (Å²) < 4.78 is 4.87. The summed E-state index contributed by atoms with van der Waals surface area (Å²) in [7, 11) is 0. The van der Waals surface area contributed by atoms with Gasteiger partial charge in [-0.2, -0.15) is 0 Å². The van der Waals surface area contributed by atoms with Crippen LogP contribution in [0.25, 0.3) is 0 Å². The van der Waals surface area contributed by atoms with Gasteiger partial charge in [-0.25, -0.2) is 0 Å². The Hall–Kier alpha value is -0.940. The molecule has 0 bridgehead atoms. The Bertz CT molecular complexity index is 148. The molecule has 0 aromatic heterocycles. The van der Waals surface area contributed by atoms with Gasteiger partial charge in [0.25, 0.3) is 0 Å². The van der Waals surface area contributed by atoms with Gasteiger partial charge in [-0.1, -0.05) is 5.73 Å². The zero-order valence-electron chi connectivity index (χ0n) is 4.14. The first kappa shape index (κ1) is 4.23. The molecule has 1 aliphatic heterocycles. The highest BCUT2D eigenvalue weighted by Gasteiger charge is 1.81. The second-order valence-corrected chi connectivity index (χ2v) is 1.31. The van der Waals surface area contributed by atoms with Crippen LogP contribution >= 0.6 is 0 Å². The average Bonchev–Trinajstić information content (AvgIpc) is 1.69. The van der Waals surface area contributed by atoms with Gasteiger partial charge < -0.3 is 4.74 Å². The topological polar surface area (TPSA) is 9.23 Å². The van der Waals surface area contributed by atoms with Crippen molar-refractivity contribution in [1.29, 1.82) is 0 Å². The van der Waals surface area contributed by atoms with Gasteiger partial charge in [0, 0.05) is 6.92 Å². The highest BCUT2D eigenvalue weighted by molar-refractivity contribution is 5.07. The van der Waals surface area contributed by atoms with Crippen molar-refractivity contribution in [3.63, 3.8) is 0 Å². The van der Waals surface area contributed by atoms with E-state index in [2.05, 4.69) is 5.73 Å². The van der Waals surface area contributed by atoms with E-state index >= 15 is 0 Å². The molecule has 0 atom stereocenters. The molecule has 1 aliphatic rings. The van der Waals surface area contributed by atoms with Crippen LogP contribution in [-0.4, -0.2) is 0 Å². The molecule has 0 aromatic carbocycles. The number of hydrogen-bond acceptors (Lipinski definition) is 1. The van der Waals surface area contributed by atoms with Gasteiger partial charge >= 0.3 is 0 Å². The van der Waals surface area contributed by atoms with Crippen LogP contribution in [0.4, 0.5) is 0 Å². The quantitative estimate of drug-likeness (QED) is 0.414. The summed E-state index contributed by atoms with van der Waals surface area (Å²) in [6.07, 6.45) is 5.25. The molecular weight excluding hydrogens is 88.1 g/mol. The molecule has 1 heteroatoms. The highest BCUT2D eigenvalue weighted by atomic mass is 16.5. The lowest BCUT2D eigenvalue weighted by Gasteiger charge is -1.95. The lowest BCUT2D eigenvalue weighted by Crippen LogP contribution is -1.76. The van der Waals surface area contributed by atoms with Crippen LogP contribution in [0.1, 0.15) is 6.92 Å². The third kappa shape index (κ3) is 0.951. The van der Waals surface area contributed by atoms with Crippen LogP contribution in [-0.2, 0) is 4.74 Å². The molecule has 36 valence electrons. The minimum Gasteiger partial charge on any atom is -0.461 e. The number of rotatable bonds is 0. The van der Waals surface area contributed by atoms with Crippen LogP contribution < -0.4 is 0 Å². The maximum atomic E-state index is 4.87. The molecule has 0 saturated carbocycles. The zero-order valence-corrected chi connectivity index (χ0v) is 4.14. The molecule has 1 heterocycles. The Kier molecular flexibility index (Phi) is 1.01. The molecule has 0 amide bonds. The van der Waals surface area contributed by atoms with Gasteiger partial charge in [-0.3, -0.25) is 0 Å². The van der Waals surface area contributed by atoms with Crippen molar-refractivity contribution in [2.45, 2.75) is 6.92 Å². The molecule has 7 heavy (non-hydrogen) atoms. The zero-order chi connectivity index (χ0) is 5.11. The largest absolute Gasteiger partial charge is 0.461 e. The predicted octanol–water partition coefficient (Wildman–Crippen LogP) is 1.59. The minimum atomic E-state index is 0.822. The third-order valence-corrected chi connectivity index (χ3v) is 0.706. The van der Waals surface area contributed by atoms with E-state index in [0.717, 1.165) is 5.76 Å². The molecule has 0 aliphatic carbocycles. The molecular formula is C6H6O. The lowest BCUT2D eigenvalue weighted by atomic mass is 10.5. The van der Waals surface area contributed by atoms with Gasteiger partial charge in [0.2, 0.25) is 0 Å². The van der Waals surface area contributed by atoms with Gasteiger partial charge in [0.05, 0.1) is 6.26 Å².